The fraction of sp³-hybridized carbons (Fsp3) is 0.900. The maximum atomic E-state index is 10.6. The van der Waals surface area contributed by atoms with E-state index in [0.717, 1.165) is 25.9 Å². The molecule has 0 bridgehead atoms. The quantitative estimate of drug-likeness (QED) is 0.725. The van der Waals surface area contributed by atoms with Crippen LogP contribution >= 0.6 is 0 Å². The first-order chi connectivity index (χ1) is 6.24. The van der Waals surface area contributed by atoms with Gasteiger partial charge in [0.05, 0.1) is 6.42 Å². The second kappa shape index (κ2) is 5.22. The molecule has 3 nitrogen and oxygen atoms in total. The van der Waals surface area contributed by atoms with Gasteiger partial charge in [-0.15, -0.1) is 0 Å². The molecule has 0 spiro atoms. The van der Waals surface area contributed by atoms with E-state index in [1.54, 1.807) is 0 Å². The Kier molecular flexibility index (Phi) is 4.22. The molecule has 0 aromatic carbocycles. The molecule has 0 aliphatic carbocycles. The van der Waals surface area contributed by atoms with E-state index in [-0.39, 0.29) is 0 Å². The number of hydrogen-bond acceptors (Lipinski definition) is 2. The molecule has 1 rings (SSSR count). The minimum absolute atomic E-state index is 0.297. The number of nitrogens with zero attached hydrogens (tertiary/aromatic N) is 1. The van der Waals surface area contributed by atoms with Crippen molar-refractivity contribution >= 4 is 5.97 Å². The van der Waals surface area contributed by atoms with Crippen molar-refractivity contribution in [3.8, 4) is 0 Å². The molecule has 0 amide bonds. The summed E-state index contributed by atoms with van der Waals surface area (Å²) in [7, 11) is 0. The van der Waals surface area contributed by atoms with E-state index in [0.29, 0.717) is 12.5 Å². The standard InChI is InChI=1S/C10H19NO2/c1-2-6-11-7-4-3-5-9(11)8-10(12)13/h9H,2-8H2,1H3,(H,12,13). The van der Waals surface area contributed by atoms with Crippen molar-refractivity contribution in [2.24, 2.45) is 0 Å². The topological polar surface area (TPSA) is 40.5 Å². The van der Waals surface area contributed by atoms with Crippen LogP contribution in [0.2, 0.25) is 0 Å². The van der Waals surface area contributed by atoms with E-state index in [4.69, 9.17) is 5.11 Å². The van der Waals surface area contributed by atoms with Crippen molar-refractivity contribution in [2.45, 2.75) is 45.1 Å². The highest BCUT2D eigenvalue weighted by atomic mass is 16.4. The van der Waals surface area contributed by atoms with Gasteiger partial charge in [-0.2, -0.15) is 0 Å². The number of piperidine rings is 1. The third-order valence-electron chi connectivity index (χ3n) is 2.67. The largest absolute Gasteiger partial charge is 0.481 e. The predicted molar refractivity (Wildman–Crippen MR) is 51.8 cm³/mol. The molecule has 1 heterocycles. The van der Waals surface area contributed by atoms with Gasteiger partial charge in [0, 0.05) is 6.04 Å². The van der Waals surface area contributed by atoms with Crippen LogP contribution in [0.1, 0.15) is 39.0 Å². The average Bonchev–Trinajstić information content (AvgIpc) is 2.08. The molecule has 76 valence electrons. The minimum Gasteiger partial charge on any atom is -0.481 e. The van der Waals surface area contributed by atoms with Gasteiger partial charge in [0.15, 0.2) is 0 Å². The van der Waals surface area contributed by atoms with E-state index in [9.17, 15) is 4.79 Å². The Balaban J connectivity index is 2.41. The van der Waals surface area contributed by atoms with Gasteiger partial charge < -0.3 is 5.11 Å². The second-order valence-corrected chi connectivity index (χ2v) is 3.78. The van der Waals surface area contributed by atoms with Gasteiger partial charge in [-0.05, 0) is 32.4 Å². The highest BCUT2D eigenvalue weighted by molar-refractivity contribution is 5.67. The van der Waals surface area contributed by atoms with Crippen molar-refractivity contribution in [3.63, 3.8) is 0 Å². The lowest BCUT2D eigenvalue weighted by atomic mass is 9.99. The lowest BCUT2D eigenvalue weighted by molar-refractivity contribution is -0.138. The van der Waals surface area contributed by atoms with Crippen LogP contribution in [0.5, 0.6) is 0 Å². The second-order valence-electron chi connectivity index (χ2n) is 3.78. The van der Waals surface area contributed by atoms with Crippen molar-refractivity contribution < 1.29 is 9.90 Å². The highest BCUT2D eigenvalue weighted by Gasteiger charge is 2.23. The summed E-state index contributed by atoms with van der Waals surface area (Å²) in [6.45, 7) is 4.29. The molecule has 1 aliphatic rings. The number of carboxylic acid groups (broad SMARTS) is 1. The van der Waals surface area contributed by atoms with Gasteiger partial charge >= 0.3 is 5.97 Å². The molecule has 1 fully saturated rings. The van der Waals surface area contributed by atoms with Crippen LogP contribution in [-0.2, 0) is 4.79 Å². The molecule has 0 saturated carbocycles. The number of rotatable bonds is 4. The minimum atomic E-state index is -0.659. The molecule has 1 saturated heterocycles. The lowest BCUT2D eigenvalue weighted by Gasteiger charge is -2.34. The molecular weight excluding hydrogens is 166 g/mol. The van der Waals surface area contributed by atoms with Crippen LogP contribution in [0.4, 0.5) is 0 Å². The summed E-state index contributed by atoms with van der Waals surface area (Å²) in [6, 6.07) is 0.297. The predicted octanol–water partition coefficient (Wildman–Crippen LogP) is 1.73. The molecular formula is C10H19NO2. The molecule has 1 N–H and O–H groups in total. The van der Waals surface area contributed by atoms with Gasteiger partial charge in [0.2, 0.25) is 0 Å². The maximum absolute atomic E-state index is 10.6. The van der Waals surface area contributed by atoms with E-state index >= 15 is 0 Å². The van der Waals surface area contributed by atoms with Crippen LogP contribution in [-0.4, -0.2) is 35.1 Å². The van der Waals surface area contributed by atoms with Crippen LogP contribution in [0.25, 0.3) is 0 Å². The lowest BCUT2D eigenvalue weighted by Crippen LogP contribution is -2.41. The van der Waals surface area contributed by atoms with Crippen LogP contribution < -0.4 is 0 Å². The molecule has 0 aromatic rings. The first kappa shape index (κ1) is 10.5. The first-order valence-corrected chi connectivity index (χ1v) is 5.20. The molecule has 1 aliphatic heterocycles. The van der Waals surface area contributed by atoms with Gasteiger partial charge in [0.25, 0.3) is 0 Å². The van der Waals surface area contributed by atoms with Crippen LogP contribution in [0.15, 0.2) is 0 Å². The van der Waals surface area contributed by atoms with E-state index in [1.165, 1.54) is 12.8 Å². The molecule has 13 heavy (non-hydrogen) atoms. The maximum Gasteiger partial charge on any atom is 0.304 e. The van der Waals surface area contributed by atoms with Gasteiger partial charge in [-0.25, -0.2) is 0 Å². The zero-order chi connectivity index (χ0) is 9.68. The number of likely N-dealkylation sites (tertiary alicyclic amines) is 1. The number of hydrogen-bond donors (Lipinski definition) is 1. The summed E-state index contributed by atoms with van der Waals surface area (Å²) in [5.41, 5.74) is 0. The normalized spacial score (nSPS) is 24.5. The van der Waals surface area contributed by atoms with Crippen molar-refractivity contribution in [2.75, 3.05) is 13.1 Å². The molecule has 1 unspecified atom stereocenters. The highest BCUT2D eigenvalue weighted by Crippen LogP contribution is 2.19. The molecule has 3 heteroatoms. The molecule has 1 atom stereocenters. The van der Waals surface area contributed by atoms with Gasteiger partial charge in [-0.1, -0.05) is 13.3 Å². The van der Waals surface area contributed by atoms with Gasteiger partial charge in [0.1, 0.15) is 0 Å². The van der Waals surface area contributed by atoms with Crippen molar-refractivity contribution in [1.82, 2.24) is 4.90 Å². The monoisotopic (exact) mass is 185 g/mol. The van der Waals surface area contributed by atoms with Gasteiger partial charge in [-0.3, -0.25) is 9.69 Å². The van der Waals surface area contributed by atoms with E-state index < -0.39 is 5.97 Å². The van der Waals surface area contributed by atoms with Crippen molar-refractivity contribution in [3.05, 3.63) is 0 Å². The van der Waals surface area contributed by atoms with E-state index in [1.807, 2.05) is 0 Å². The number of carboxylic acids is 1. The van der Waals surface area contributed by atoms with Crippen molar-refractivity contribution in [1.29, 1.82) is 0 Å². The molecule has 0 aromatic heterocycles. The summed E-state index contributed by atoms with van der Waals surface area (Å²) in [4.78, 5) is 12.9. The smallest absolute Gasteiger partial charge is 0.304 e. The summed E-state index contributed by atoms with van der Waals surface area (Å²) >= 11 is 0. The zero-order valence-electron chi connectivity index (χ0n) is 8.33. The Morgan fingerprint density at radius 3 is 2.92 bits per heavy atom. The summed E-state index contributed by atoms with van der Waals surface area (Å²) in [6.07, 6.45) is 4.93. The number of carbonyl (C=O) groups is 1. The Labute approximate surface area is 79.7 Å². The number of aliphatic carboxylic acids is 1. The average molecular weight is 185 g/mol. The van der Waals surface area contributed by atoms with E-state index in [2.05, 4.69) is 11.8 Å². The Morgan fingerprint density at radius 1 is 1.54 bits per heavy atom. The Bertz CT molecular complexity index is 168. The summed E-state index contributed by atoms with van der Waals surface area (Å²) < 4.78 is 0. The Hall–Kier alpha value is -0.570. The summed E-state index contributed by atoms with van der Waals surface area (Å²) in [5.74, 6) is -0.659. The molecule has 0 radical (unpaired) electrons. The third kappa shape index (κ3) is 3.35. The fourth-order valence-electron chi connectivity index (χ4n) is 2.07. The fourth-order valence-corrected chi connectivity index (χ4v) is 2.07. The zero-order valence-corrected chi connectivity index (χ0v) is 8.33. The third-order valence-corrected chi connectivity index (χ3v) is 2.67. The summed E-state index contributed by atoms with van der Waals surface area (Å²) in [5, 5.41) is 8.73. The Morgan fingerprint density at radius 2 is 2.31 bits per heavy atom. The SMILES string of the molecule is CCCN1CCCCC1CC(=O)O. The first-order valence-electron chi connectivity index (χ1n) is 5.20. The van der Waals surface area contributed by atoms with Crippen LogP contribution in [0.3, 0.4) is 0 Å². The van der Waals surface area contributed by atoms with Crippen LogP contribution in [0, 0.1) is 0 Å².